The minimum Gasteiger partial charge on any atom is -0.497 e. The number of amides is 2. The topological polar surface area (TPSA) is 82.3 Å². The number of aromatic nitrogens is 2. The van der Waals surface area contributed by atoms with Crippen molar-refractivity contribution in [1.29, 1.82) is 0 Å². The first kappa shape index (κ1) is 16.8. The Bertz CT molecular complexity index is 1340. The highest BCUT2D eigenvalue weighted by Crippen LogP contribution is 2.35. The van der Waals surface area contributed by atoms with E-state index in [0.29, 0.717) is 41.3 Å². The molecule has 0 spiro atoms. The maximum atomic E-state index is 12.6. The summed E-state index contributed by atoms with van der Waals surface area (Å²) in [5.41, 5.74) is 4.15. The number of urea groups is 1. The molecule has 2 amide bonds. The number of methoxy groups -OCH3 is 1. The Morgan fingerprint density at radius 3 is 3.03 bits per heavy atom. The average Bonchev–Trinajstić information content (AvgIpc) is 3.47. The Kier molecular flexibility index (Phi) is 4.34. The third kappa shape index (κ3) is 3.77. The lowest BCUT2D eigenvalue weighted by atomic mass is 10.1. The van der Waals surface area contributed by atoms with E-state index in [4.69, 9.17) is 7.48 Å². The lowest BCUT2D eigenvalue weighted by molar-refractivity contribution is 0.262. The standard InChI is InChI=1S/C24H23N5O2/c1-31-18-5-2-4-17(14-18)27-24(30)28-21-6-3-7-22-20(21)10-13-29(22)15-16-8-11-25-23-19(16)9-12-26-23/h2-9,11-12,14H,10,13,15H2,1H3,(H,25,26)(H2,27,28,30)/i15D2. The number of nitrogens with zero attached hydrogens (tertiary/aromatic N) is 2. The molecule has 0 bridgehead atoms. The van der Waals surface area contributed by atoms with Gasteiger partial charge in [0.25, 0.3) is 0 Å². The third-order valence-electron chi connectivity index (χ3n) is 5.32. The van der Waals surface area contributed by atoms with Crippen molar-refractivity contribution in [3.05, 3.63) is 78.1 Å². The molecular formula is C24H23N5O2. The average molecular weight is 415 g/mol. The number of H-pyrrole nitrogens is 1. The minimum atomic E-state index is -1.75. The predicted octanol–water partition coefficient (Wildman–Crippen LogP) is 4.78. The summed E-state index contributed by atoms with van der Waals surface area (Å²) in [7, 11) is 1.57. The Morgan fingerprint density at radius 2 is 2.13 bits per heavy atom. The van der Waals surface area contributed by atoms with Crippen LogP contribution in [-0.4, -0.2) is 29.7 Å². The highest BCUT2D eigenvalue weighted by atomic mass is 16.5. The zero-order chi connectivity index (χ0) is 23.0. The zero-order valence-electron chi connectivity index (χ0n) is 19.0. The van der Waals surface area contributed by atoms with Gasteiger partial charge in [-0.3, -0.25) is 0 Å². The van der Waals surface area contributed by atoms with Crippen molar-refractivity contribution in [3.8, 4) is 5.75 Å². The second-order valence-corrected chi connectivity index (χ2v) is 7.23. The van der Waals surface area contributed by atoms with Crippen LogP contribution < -0.4 is 20.3 Å². The molecule has 0 fully saturated rings. The SMILES string of the molecule is [2H]C([2H])(c1ccnc2[nH]ccc12)N1CCc2c(NC(=O)Nc3cccc(OC)c3)cccc21. The van der Waals surface area contributed by atoms with E-state index in [1.165, 1.54) is 0 Å². The number of nitrogens with one attached hydrogen (secondary N) is 3. The lowest BCUT2D eigenvalue weighted by Crippen LogP contribution is -2.20. The Labute approximate surface area is 182 Å². The second-order valence-electron chi connectivity index (χ2n) is 7.23. The predicted molar refractivity (Wildman–Crippen MR) is 123 cm³/mol. The van der Waals surface area contributed by atoms with E-state index in [2.05, 4.69) is 20.6 Å². The fourth-order valence-corrected chi connectivity index (χ4v) is 3.86. The summed E-state index contributed by atoms with van der Waals surface area (Å²) in [5.74, 6) is 0.652. The van der Waals surface area contributed by atoms with E-state index in [0.717, 1.165) is 16.6 Å². The minimum absolute atomic E-state index is 0.374. The van der Waals surface area contributed by atoms with Crippen LogP contribution in [0.15, 0.2) is 67.0 Å². The molecule has 2 aromatic heterocycles. The Hall–Kier alpha value is -4.00. The fourth-order valence-electron chi connectivity index (χ4n) is 3.86. The highest BCUT2D eigenvalue weighted by molar-refractivity contribution is 6.01. The van der Waals surface area contributed by atoms with Gasteiger partial charge in [0.2, 0.25) is 0 Å². The van der Waals surface area contributed by atoms with Crippen molar-refractivity contribution in [1.82, 2.24) is 9.97 Å². The molecule has 3 heterocycles. The largest absolute Gasteiger partial charge is 0.497 e. The van der Waals surface area contributed by atoms with E-state index in [1.807, 2.05) is 24.3 Å². The number of hydrogen-bond acceptors (Lipinski definition) is 4. The van der Waals surface area contributed by atoms with Crippen LogP contribution in [0.25, 0.3) is 11.0 Å². The van der Waals surface area contributed by atoms with Gasteiger partial charge < -0.3 is 25.3 Å². The molecule has 2 aromatic carbocycles. The van der Waals surface area contributed by atoms with Gasteiger partial charge in [-0.05, 0) is 48.4 Å². The van der Waals surface area contributed by atoms with Crippen LogP contribution in [0.1, 0.15) is 13.9 Å². The van der Waals surface area contributed by atoms with Gasteiger partial charge in [0.05, 0.1) is 9.85 Å². The van der Waals surface area contributed by atoms with Crippen LogP contribution in [0.5, 0.6) is 5.75 Å². The van der Waals surface area contributed by atoms with E-state index >= 15 is 0 Å². The lowest BCUT2D eigenvalue weighted by Gasteiger charge is -2.20. The molecule has 156 valence electrons. The number of ether oxygens (including phenoxy) is 1. The van der Waals surface area contributed by atoms with Gasteiger partial charge in [-0.25, -0.2) is 9.78 Å². The summed E-state index contributed by atoms with van der Waals surface area (Å²) in [6, 6.07) is 15.9. The summed E-state index contributed by atoms with van der Waals surface area (Å²) in [4.78, 5) is 21.7. The van der Waals surface area contributed by atoms with Crippen LogP contribution in [0.2, 0.25) is 0 Å². The summed E-state index contributed by atoms with van der Waals surface area (Å²) >= 11 is 0. The second kappa shape index (κ2) is 8.02. The van der Waals surface area contributed by atoms with Gasteiger partial charge in [-0.15, -0.1) is 0 Å². The van der Waals surface area contributed by atoms with Crippen molar-refractivity contribution in [2.24, 2.45) is 0 Å². The number of benzene rings is 2. The number of anilines is 3. The van der Waals surface area contributed by atoms with Gasteiger partial charge in [0.1, 0.15) is 11.4 Å². The van der Waals surface area contributed by atoms with Crippen molar-refractivity contribution >= 4 is 34.1 Å². The number of carbonyl (C=O) groups excluding carboxylic acids is 1. The molecule has 0 saturated heterocycles. The van der Waals surface area contributed by atoms with Crippen molar-refractivity contribution in [3.63, 3.8) is 0 Å². The number of carbonyl (C=O) groups is 1. The summed E-state index contributed by atoms with van der Waals surface area (Å²) < 4.78 is 23.1. The number of aromatic amines is 1. The number of pyridine rings is 1. The van der Waals surface area contributed by atoms with E-state index in [1.54, 1.807) is 54.7 Å². The van der Waals surface area contributed by atoms with Gasteiger partial charge in [0.15, 0.2) is 0 Å². The maximum Gasteiger partial charge on any atom is 0.323 e. The van der Waals surface area contributed by atoms with Crippen molar-refractivity contribution < 1.29 is 12.3 Å². The van der Waals surface area contributed by atoms with E-state index < -0.39 is 6.50 Å². The molecule has 0 atom stereocenters. The van der Waals surface area contributed by atoms with Crippen LogP contribution in [0.3, 0.4) is 0 Å². The molecule has 0 saturated carbocycles. The molecule has 1 aliphatic rings. The first-order valence-corrected chi connectivity index (χ1v) is 10.0. The van der Waals surface area contributed by atoms with E-state index in [9.17, 15) is 4.79 Å². The zero-order valence-corrected chi connectivity index (χ0v) is 17.0. The monoisotopic (exact) mass is 415 g/mol. The van der Waals surface area contributed by atoms with Gasteiger partial charge in [-0.2, -0.15) is 0 Å². The first-order valence-electron chi connectivity index (χ1n) is 11.0. The fraction of sp³-hybridized carbons (Fsp3) is 0.167. The molecule has 31 heavy (non-hydrogen) atoms. The van der Waals surface area contributed by atoms with Gasteiger partial charge in [0, 0.05) is 59.5 Å². The molecule has 7 heteroatoms. The van der Waals surface area contributed by atoms with Gasteiger partial charge >= 0.3 is 6.03 Å². The molecule has 7 nitrogen and oxygen atoms in total. The number of hydrogen-bond donors (Lipinski definition) is 3. The van der Waals surface area contributed by atoms with Crippen LogP contribution in [-0.2, 0) is 12.9 Å². The summed E-state index contributed by atoms with van der Waals surface area (Å²) in [6.07, 6.45) is 3.99. The molecule has 0 unspecified atom stereocenters. The van der Waals surface area contributed by atoms with Crippen LogP contribution in [0, 0.1) is 0 Å². The quantitative estimate of drug-likeness (QED) is 0.438. The molecule has 3 N–H and O–H groups in total. The van der Waals surface area contributed by atoms with Crippen LogP contribution >= 0.6 is 0 Å². The molecule has 4 aromatic rings. The number of fused-ring (bicyclic) bond motifs is 2. The molecule has 5 rings (SSSR count). The van der Waals surface area contributed by atoms with Crippen molar-refractivity contribution in [2.45, 2.75) is 12.9 Å². The van der Waals surface area contributed by atoms with Crippen molar-refractivity contribution in [2.75, 3.05) is 29.2 Å². The normalized spacial score (nSPS) is 14.0. The smallest absolute Gasteiger partial charge is 0.323 e. The Morgan fingerprint density at radius 1 is 1.23 bits per heavy atom. The molecule has 0 radical (unpaired) electrons. The maximum absolute atomic E-state index is 12.6. The highest BCUT2D eigenvalue weighted by Gasteiger charge is 2.23. The first-order chi connectivity index (χ1) is 16.0. The molecule has 0 aliphatic carbocycles. The van der Waals surface area contributed by atoms with Crippen LogP contribution in [0.4, 0.5) is 21.9 Å². The number of rotatable bonds is 5. The Balaban J connectivity index is 1.40. The van der Waals surface area contributed by atoms with Gasteiger partial charge in [-0.1, -0.05) is 12.1 Å². The molecular weight excluding hydrogens is 390 g/mol. The molecule has 1 aliphatic heterocycles. The summed E-state index contributed by atoms with van der Waals surface area (Å²) in [6.45, 7) is -1.26. The van der Waals surface area contributed by atoms with E-state index in [-0.39, 0.29) is 6.03 Å². The third-order valence-corrected chi connectivity index (χ3v) is 5.32. The summed E-state index contributed by atoms with van der Waals surface area (Å²) in [5, 5.41) is 6.48.